The lowest BCUT2D eigenvalue weighted by Crippen LogP contribution is -2.45. The van der Waals surface area contributed by atoms with Gasteiger partial charge in [0.15, 0.2) is 0 Å². The highest BCUT2D eigenvalue weighted by molar-refractivity contribution is 6.01. The van der Waals surface area contributed by atoms with Crippen LogP contribution in [0.25, 0.3) is 0 Å². The van der Waals surface area contributed by atoms with Crippen molar-refractivity contribution in [3.05, 3.63) is 35.4 Å². The van der Waals surface area contributed by atoms with E-state index < -0.39 is 5.97 Å². The first-order chi connectivity index (χ1) is 9.50. The molecule has 1 atom stereocenters. The van der Waals surface area contributed by atoms with Gasteiger partial charge in [0.25, 0.3) is 0 Å². The molecule has 0 aromatic heterocycles. The molecule has 2 rings (SSSR count). The number of benzene rings is 1. The number of carbonyl (C=O) groups excluding carboxylic acids is 2. The number of nitrogens with zero attached hydrogens (tertiary/aromatic N) is 1. The number of hydrogen-bond donors (Lipinski definition) is 1. The van der Waals surface area contributed by atoms with Crippen molar-refractivity contribution in [2.45, 2.75) is 32.1 Å². The van der Waals surface area contributed by atoms with E-state index >= 15 is 0 Å². The lowest BCUT2D eigenvalue weighted by Gasteiger charge is -2.31. The van der Waals surface area contributed by atoms with Gasteiger partial charge in [0.1, 0.15) is 0 Å². The van der Waals surface area contributed by atoms with Crippen LogP contribution in [0.1, 0.15) is 36.3 Å². The van der Waals surface area contributed by atoms with Gasteiger partial charge in [-0.3, -0.25) is 19.3 Å². The largest absolute Gasteiger partial charge is 0.481 e. The Balaban J connectivity index is 2.20. The maximum absolute atomic E-state index is 12.4. The Morgan fingerprint density at radius 2 is 2.05 bits per heavy atom. The molecular weight excluding hydrogens is 258 g/mol. The monoisotopic (exact) mass is 275 g/mol. The summed E-state index contributed by atoms with van der Waals surface area (Å²) in [6.45, 7) is 1.88. The molecule has 1 aromatic carbocycles. The fourth-order valence-corrected chi connectivity index (χ4v) is 2.55. The van der Waals surface area contributed by atoms with E-state index in [1.54, 1.807) is 0 Å². The van der Waals surface area contributed by atoms with Gasteiger partial charge in [-0.25, -0.2) is 0 Å². The van der Waals surface area contributed by atoms with Gasteiger partial charge in [-0.1, -0.05) is 24.3 Å². The number of piperidine rings is 1. The number of carboxylic acids is 1. The molecular formula is C15H17NO4. The summed E-state index contributed by atoms with van der Waals surface area (Å²) in [7, 11) is 0. The molecule has 1 aliphatic rings. The van der Waals surface area contributed by atoms with Crippen LogP contribution in [0.15, 0.2) is 24.3 Å². The molecule has 1 N–H and O–H groups in total. The highest BCUT2D eigenvalue weighted by atomic mass is 16.4. The van der Waals surface area contributed by atoms with Crippen LogP contribution in [0.4, 0.5) is 0 Å². The lowest BCUT2D eigenvalue weighted by molar-refractivity contribution is -0.150. The fourth-order valence-electron chi connectivity index (χ4n) is 2.55. The first-order valence-electron chi connectivity index (χ1n) is 6.62. The molecule has 0 bridgehead atoms. The Morgan fingerprint density at radius 1 is 1.35 bits per heavy atom. The van der Waals surface area contributed by atoms with Crippen LogP contribution in [0.5, 0.6) is 0 Å². The summed E-state index contributed by atoms with van der Waals surface area (Å²) in [5, 5.41) is 8.69. The molecule has 0 aliphatic carbocycles. The second-order valence-electron chi connectivity index (χ2n) is 4.98. The molecule has 1 unspecified atom stereocenters. The predicted octanol–water partition coefficient (Wildman–Crippen LogP) is 1.70. The molecule has 106 valence electrons. The van der Waals surface area contributed by atoms with Crippen molar-refractivity contribution in [1.29, 1.82) is 0 Å². The topological polar surface area (TPSA) is 74.7 Å². The summed E-state index contributed by atoms with van der Waals surface area (Å²) in [5.74, 6) is -1.91. The normalized spacial score (nSPS) is 19.2. The van der Waals surface area contributed by atoms with Crippen molar-refractivity contribution < 1.29 is 19.5 Å². The number of amides is 2. The van der Waals surface area contributed by atoms with Gasteiger partial charge >= 0.3 is 5.97 Å². The van der Waals surface area contributed by atoms with E-state index in [0.717, 1.165) is 16.0 Å². The minimum atomic E-state index is -1.01. The summed E-state index contributed by atoms with van der Waals surface area (Å²) < 4.78 is 0. The lowest BCUT2D eigenvalue weighted by atomic mass is 9.87. The van der Waals surface area contributed by atoms with Crippen molar-refractivity contribution in [3.8, 4) is 0 Å². The highest BCUT2D eigenvalue weighted by Gasteiger charge is 2.35. The maximum atomic E-state index is 12.4. The standard InChI is InChI=1S/C15H17NO4/c1-10-4-2-3-5-11(10)12-6-7-13(17)16(15(12)20)9-8-14(18)19/h2-5,12H,6-9H2,1H3,(H,18,19). The zero-order chi connectivity index (χ0) is 14.7. The van der Waals surface area contributed by atoms with E-state index in [2.05, 4.69) is 0 Å². The van der Waals surface area contributed by atoms with Crippen molar-refractivity contribution in [1.82, 2.24) is 4.90 Å². The number of carboxylic acid groups (broad SMARTS) is 1. The van der Waals surface area contributed by atoms with E-state index in [0.29, 0.717) is 6.42 Å². The minimum Gasteiger partial charge on any atom is -0.481 e. The van der Waals surface area contributed by atoms with Gasteiger partial charge in [-0.2, -0.15) is 0 Å². The van der Waals surface area contributed by atoms with Crippen LogP contribution in [-0.2, 0) is 14.4 Å². The van der Waals surface area contributed by atoms with Crippen LogP contribution < -0.4 is 0 Å². The van der Waals surface area contributed by atoms with E-state index in [9.17, 15) is 14.4 Å². The molecule has 1 saturated heterocycles. The SMILES string of the molecule is Cc1ccccc1C1CCC(=O)N(CCC(=O)O)C1=O. The molecule has 0 spiro atoms. The average molecular weight is 275 g/mol. The Kier molecular flexibility index (Phi) is 4.17. The second kappa shape index (κ2) is 5.86. The Bertz CT molecular complexity index is 553. The van der Waals surface area contributed by atoms with E-state index in [1.807, 2.05) is 31.2 Å². The van der Waals surface area contributed by atoms with Gasteiger partial charge < -0.3 is 5.11 Å². The molecule has 1 aliphatic heterocycles. The summed E-state index contributed by atoms with van der Waals surface area (Å²) in [4.78, 5) is 35.9. The van der Waals surface area contributed by atoms with Crippen molar-refractivity contribution >= 4 is 17.8 Å². The Hall–Kier alpha value is -2.17. The third-order valence-corrected chi connectivity index (χ3v) is 3.63. The van der Waals surface area contributed by atoms with Crippen LogP contribution in [0, 0.1) is 6.92 Å². The third kappa shape index (κ3) is 2.87. The zero-order valence-electron chi connectivity index (χ0n) is 11.3. The number of carbonyl (C=O) groups is 3. The predicted molar refractivity (Wildman–Crippen MR) is 72.1 cm³/mol. The van der Waals surface area contributed by atoms with Gasteiger partial charge in [0.05, 0.1) is 12.3 Å². The van der Waals surface area contributed by atoms with Gasteiger partial charge in [0.2, 0.25) is 11.8 Å². The summed E-state index contributed by atoms with van der Waals surface area (Å²) in [5.41, 5.74) is 1.93. The van der Waals surface area contributed by atoms with Crippen LogP contribution in [0.2, 0.25) is 0 Å². The van der Waals surface area contributed by atoms with Crippen molar-refractivity contribution in [2.24, 2.45) is 0 Å². The quantitative estimate of drug-likeness (QED) is 0.849. The van der Waals surface area contributed by atoms with Crippen LogP contribution >= 0.6 is 0 Å². The molecule has 5 nitrogen and oxygen atoms in total. The minimum absolute atomic E-state index is 0.0462. The number of likely N-dealkylation sites (tertiary alicyclic amines) is 1. The number of rotatable bonds is 4. The second-order valence-corrected chi connectivity index (χ2v) is 4.98. The molecule has 1 aromatic rings. The Labute approximate surface area is 117 Å². The summed E-state index contributed by atoms with van der Waals surface area (Å²) in [6, 6.07) is 7.59. The van der Waals surface area contributed by atoms with Crippen molar-refractivity contribution in [2.75, 3.05) is 6.54 Å². The third-order valence-electron chi connectivity index (χ3n) is 3.63. The number of aryl methyl sites for hydroxylation is 1. The first-order valence-corrected chi connectivity index (χ1v) is 6.62. The fraction of sp³-hybridized carbons (Fsp3) is 0.400. The molecule has 20 heavy (non-hydrogen) atoms. The highest BCUT2D eigenvalue weighted by Crippen LogP contribution is 2.30. The molecule has 1 heterocycles. The van der Waals surface area contributed by atoms with E-state index in [1.165, 1.54) is 0 Å². The number of imide groups is 1. The van der Waals surface area contributed by atoms with Crippen molar-refractivity contribution in [3.63, 3.8) is 0 Å². The molecule has 0 radical (unpaired) electrons. The Morgan fingerprint density at radius 3 is 2.70 bits per heavy atom. The van der Waals surface area contributed by atoms with Gasteiger partial charge in [0, 0.05) is 13.0 Å². The van der Waals surface area contributed by atoms with E-state index in [4.69, 9.17) is 5.11 Å². The average Bonchev–Trinajstić information content (AvgIpc) is 2.40. The smallest absolute Gasteiger partial charge is 0.305 e. The van der Waals surface area contributed by atoms with Crippen LogP contribution in [-0.4, -0.2) is 34.3 Å². The first kappa shape index (κ1) is 14.2. The summed E-state index contributed by atoms with van der Waals surface area (Å²) >= 11 is 0. The van der Waals surface area contributed by atoms with Gasteiger partial charge in [-0.15, -0.1) is 0 Å². The zero-order valence-corrected chi connectivity index (χ0v) is 11.3. The maximum Gasteiger partial charge on any atom is 0.305 e. The molecule has 0 saturated carbocycles. The summed E-state index contributed by atoms with van der Waals surface area (Å²) in [6.07, 6.45) is 0.564. The van der Waals surface area contributed by atoms with Crippen LogP contribution in [0.3, 0.4) is 0 Å². The molecule has 1 fully saturated rings. The molecule has 5 heteroatoms. The number of hydrogen-bond acceptors (Lipinski definition) is 3. The number of aliphatic carboxylic acids is 1. The van der Waals surface area contributed by atoms with E-state index in [-0.39, 0.29) is 37.1 Å². The van der Waals surface area contributed by atoms with Gasteiger partial charge in [-0.05, 0) is 24.5 Å². The molecule has 2 amide bonds.